The van der Waals surface area contributed by atoms with E-state index in [1.807, 2.05) is 6.92 Å². The van der Waals surface area contributed by atoms with Crippen LogP contribution >= 0.6 is 0 Å². The molecule has 0 aromatic heterocycles. The molecule has 0 saturated carbocycles. The normalized spacial score (nSPS) is 9.93. The van der Waals surface area contributed by atoms with Gasteiger partial charge in [-0.1, -0.05) is 13.3 Å². The molecule has 0 aliphatic carbocycles. The van der Waals surface area contributed by atoms with Gasteiger partial charge in [-0.05, 0) is 12.5 Å². The number of aromatic hydroxyl groups is 1. The van der Waals surface area contributed by atoms with E-state index in [1.165, 1.54) is 18.2 Å². The lowest BCUT2D eigenvalue weighted by Crippen LogP contribution is -2.03. The summed E-state index contributed by atoms with van der Waals surface area (Å²) in [7, 11) is 0. The Morgan fingerprint density at radius 2 is 2.27 bits per heavy atom. The number of hydrogen-bond acceptors (Lipinski definition) is 4. The Morgan fingerprint density at radius 3 is 2.87 bits per heavy atom. The Bertz CT molecular complexity index is 353. The molecule has 0 heterocycles. The maximum absolute atomic E-state index is 10.6. The van der Waals surface area contributed by atoms with Gasteiger partial charge in [0.2, 0.25) is 0 Å². The smallest absolute Gasteiger partial charge is 0.292 e. The van der Waals surface area contributed by atoms with Crippen LogP contribution in [0.1, 0.15) is 19.8 Å². The average Bonchev–Trinajstić information content (AvgIpc) is 2.18. The summed E-state index contributed by atoms with van der Waals surface area (Å²) < 4.78 is 0. The lowest BCUT2D eigenvalue weighted by molar-refractivity contribution is -0.384. The fourth-order valence-electron chi connectivity index (χ4n) is 1.22. The van der Waals surface area contributed by atoms with Crippen LogP contribution in [0.4, 0.5) is 11.4 Å². The van der Waals surface area contributed by atoms with Crippen molar-refractivity contribution in [1.29, 1.82) is 0 Å². The minimum Gasteiger partial charge on any atom is -0.508 e. The molecule has 0 atom stereocenters. The zero-order chi connectivity index (χ0) is 11.3. The quantitative estimate of drug-likeness (QED) is 0.445. The molecular weight excluding hydrogens is 196 g/mol. The molecule has 1 rings (SSSR count). The summed E-state index contributed by atoms with van der Waals surface area (Å²) in [6, 6.07) is 3.97. The van der Waals surface area contributed by atoms with Gasteiger partial charge in [-0.25, -0.2) is 0 Å². The van der Waals surface area contributed by atoms with Crippen molar-refractivity contribution in [3.63, 3.8) is 0 Å². The fourth-order valence-corrected chi connectivity index (χ4v) is 1.22. The number of anilines is 1. The van der Waals surface area contributed by atoms with Crippen LogP contribution in [0.2, 0.25) is 0 Å². The maximum atomic E-state index is 10.6. The van der Waals surface area contributed by atoms with Crippen molar-refractivity contribution < 1.29 is 10.0 Å². The van der Waals surface area contributed by atoms with Gasteiger partial charge in [0.15, 0.2) is 0 Å². The van der Waals surface area contributed by atoms with Gasteiger partial charge < -0.3 is 10.4 Å². The maximum Gasteiger partial charge on any atom is 0.292 e. The number of rotatable bonds is 5. The van der Waals surface area contributed by atoms with Crippen molar-refractivity contribution in [2.24, 2.45) is 0 Å². The van der Waals surface area contributed by atoms with Crippen LogP contribution in [0.15, 0.2) is 18.2 Å². The van der Waals surface area contributed by atoms with E-state index in [0.29, 0.717) is 12.2 Å². The monoisotopic (exact) mass is 210 g/mol. The van der Waals surface area contributed by atoms with Gasteiger partial charge in [0, 0.05) is 18.7 Å². The molecule has 0 aliphatic rings. The summed E-state index contributed by atoms with van der Waals surface area (Å²) in [5, 5.41) is 22.8. The Kier molecular flexibility index (Phi) is 3.91. The van der Waals surface area contributed by atoms with Crippen LogP contribution in [0.5, 0.6) is 5.75 Å². The van der Waals surface area contributed by atoms with Gasteiger partial charge in [-0.2, -0.15) is 0 Å². The topological polar surface area (TPSA) is 75.4 Å². The molecule has 0 aliphatic heterocycles. The first kappa shape index (κ1) is 11.3. The van der Waals surface area contributed by atoms with Crippen molar-refractivity contribution >= 4 is 11.4 Å². The summed E-state index contributed by atoms with van der Waals surface area (Å²) in [6.07, 6.45) is 1.95. The number of hydrogen-bond donors (Lipinski definition) is 2. The summed E-state index contributed by atoms with van der Waals surface area (Å²) in [4.78, 5) is 10.2. The van der Waals surface area contributed by atoms with Gasteiger partial charge in [-0.3, -0.25) is 10.1 Å². The molecule has 1 aromatic carbocycles. The zero-order valence-electron chi connectivity index (χ0n) is 8.56. The highest BCUT2D eigenvalue weighted by Crippen LogP contribution is 2.28. The van der Waals surface area contributed by atoms with E-state index in [2.05, 4.69) is 5.32 Å². The van der Waals surface area contributed by atoms with Crippen molar-refractivity contribution in [2.75, 3.05) is 11.9 Å². The molecule has 0 spiro atoms. The summed E-state index contributed by atoms with van der Waals surface area (Å²) in [5.74, 6) is 0.0274. The SMILES string of the molecule is CCCCNc1cc(O)ccc1[N+](=O)[O-]. The van der Waals surface area contributed by atoms with Crippen LogP contribution in [-0.2, 0) is 0 Å². The van der Waals surface area contributed by atoms with Gasteiger partial charge in [0.05, 0.1) is 4.92 Å². The molecule has 5 heteroatoms. The van der Waals surface area contributed by atoms with Crippen LogP contribution in [0.3, 0.4) is 0 Å². The number of phenolic OH excluding ortho intramolecular Hbond substituents is 1. The first-order chi connectivity index (χ1) is 7.15. The zero-order valence-corrected chi connectivity index (χ0v) is 8.56. The van der Waals surface area contributed by atoms with Crippen molar-refractivity contribution in [3.8, 4) is 5.75 Å². The molecule has 1 aromatic rings. The molecule has 5 nitrogen and oxygen atoms in total. The number of nitro benzene ring substituents is 1. The molecule has 0 bridgehead atoms. The van der Waals surface area contributed by atoms with E-state index < -0.39 is 4.92 Å². The highest BCUT2D eigenvalue weighted by atomic mass is 16.6. The van der Waals surface area contributed by atoms with Crippen LogP contribution in [0, 0.1) is 10.1 Å². The second-order valence-corrected chi connectivity index (χ2v) is 3.24. The largest absolute Gasteiger partial charge is 0.508 e. The van der Waals surface area contributed by atoms with E-state index in [-0.39, 0.29) is 11.4 Å². The highest BCUT2D eigenvalue weighted by Gasteiger charge is 2.13. The van der Waals surface area contributed by atoms with E-state index in [1.54, 1.807) is 0 Å². The van der Waals surface area contributed by atoms with Gasteiger partial charge >= 0.3 is 0 Å². The lowest BCUT2D eigenvalue weighted by atomic mass is 10.2. The summed E-state index contributed by atoms with van der Waals surface area (Å²) in [6.45, 7) is 2.71. The van der Waals surface area contributed by atoms with Gasteiger partial charge in [0.25, 0.3) is 5.69 Å². The van der Waals surface area contributed by atoms with Crippen molar-refractivity contribution in [1.82, 2.24) is 0 Å². The molecule has 82 valence electrons. The van der Waals surface area contributed by atoms with E-state index in [0.717, 1.165) is 12.8 Å². The Morgan fingerprint density at radius 1 is 1.53 bits per heavy atom. The molecule has 0 amide bonds. The number of unbranched alkanes of at least 4 members (excludes halogenated alkanes) is 1. The lowest BCUT2D eigenvalue weighted by Gasteiger charge is -2.06. The average molecular weight is 210 g/mol. The third kappa shape index (κ3) is 3.12. The van der Waals surface area contributed by atoms with E-state index in [4.69, 9.17) is 0 Å². The highest BCUT2D eigenvalue weighted by molar-refractivity contribution is 5.63. The number of phenols is 1. The van der Waals surface area contributed by atoms with E-state index >= 15 is 0 Å². The first-order valence-corrected chi connectivity index (χ1v) is 4.86. The molecular formula is C10H14N2O3. The van der Waals surface area contributed by atoms with Crippen molar-refractivity contribution in [3.05, 3.63) is 28.3 Å². The molecule has 2 N–H and O–H groups in total. The fraction of sp³-hybridized carbons (Fsp3) is 0.400. The number of nitrogens with one attached hydrogen (secondary N) is 1. The van der Waals surface area contributed by atoms with Crippen LogP contribution < -0.4 is 5.32 Å². The third-order valence-electron chi connectivity index (χ3n) is 2.02. The molecule has 0 radical (unpaired) electrons. The second kappa shape index (κ2) is 5.19. The minimum atomic E-state index is -0.465. The molecule has 0 fully saturated rings. The minimum absolute atomic E-state index is 0.0103. The summed E-state index contributed by atoms with van der Waals surface area (Å²) >= 11 is 0. The Labute approximate surface area is 87.9 Å². The van der Waals surface area contributed by atoms with Gasteiger partial charge in [0.1, 0.15) is 11.4 Å². The molecule has 0 unspecified atom stereocenters. The Hall–Kier alpha value is -1.78. The predicted molar refractivity (Wildman–Crippen MR) is 58.2 cm³/mol. The predicted octanol–water partition coefficient (Wildman–Crippen LogP) is 2.51. The number of nitrogens with zero attached hydrogens (tertiary/aromatic N) is 1. The van der Waals surface area contributed by atoms with E-state index in [9.17, 15) is 15.2 Å². The number of benzene rings is 1. The number of nitro groups is 1. The standard InChI is InChI=1S/C10H14N2O3/c1-2-3-6-11-9-7-8(13)4-5-10(9)12(14)15/h4-5,7,11,13H,2-3,6H2,1H3. The Balaban J connectivity index is 2.82. The van der Waals surface area contributed by atoms with Crippen LogP contribution in [-0.4, -0.2) is 16.6 Å². The van der Waals surface area contributed by atoms with Crippen LogP contribution in [0.25, 0.3) is 0 Å². The first-order valence-electron chi connectivity index (χ1n) is 4.86. The van der Waals surface area contributed by atoms with Crippen molar-refractivity contribution in [2.45, 2.75) is 19.8 Å². The van der Waals surface area contributed by atoms with Gasteiger partial charge in [-0.15, -0.1) is 0 Å². The summed E-state index contributed by atoms with van der Waals surface area (Å²) in [5.41, 5.74) is 0.359. The molecule has 15 heavy (non-hydrogen) atoms. The second-order valence-electron chi connectivity index (χ2n) is 3.24. The molecule has 0 saturated heterocycles. The third-order valence-corrected chi connectivity index (χ3v) is 2.02.